The van der Waals surface area contributed by atoms with E-state index in [4.69, 9.17) is 5.73 Å². The Bertz CT molecular complexity index is 116. The van der Waals surface area contributed by atoms with Crippen LogP contribution in [0.4, 0.5) is 0 Å². The first-order valence-corrected chi connectivity index (χ1v) is 3.87. The predicted molar refractivity (Wildman–Crippen MR) is 38.0 cm³/mol. The first-order chi connectivity index (χ1) is 4.79. The number of carbonyl (C=O) groups is 1. The number of amides is 1. The van der Waals surface area contributed by atoms with Gasteiger partial charge in [-0.1, -0.05) is 19.3 Å². The zero-order valence-electron chi connectivity index (χ0n) is 6.05. The fraction of sp³-hybridized carbons (Fsp3) is 0.750. The first-order valence-electron chi connectivity index (χ1n) is 3.87. The predicted octanol–water partition coefficient (Wildman–Crippen LogP) is 1.37. The van der Waals surface area contributed by atoms with Crippen LogP contribution in [0.2, 0.25) is 0 Å². The molecular formula is C8H12NO. The van der Waals surface area contributed by atoms with Gasteiger partial charge >= 0.3 is 0 Å². The molecule has 1 rings (SSSR count). The standard InChI is InChI=1S/C8H12NO/c9-8(10)6-7-4-2-1-3-5-7/h6-7H,1-5H2. The van der Waals surface area contributed by atoms with Crippen molar-refractivity contribution in [3.8, 4) is 0 Å². The zero-order chi connectivity index (χ0) is 7.40. The van der Waals surface area contributed by atoms with E-state index in [0.717, 1.165) is 12.8 Å². The Balaban J connectivity index is 2.19. The molecule has 1 aliphatic rings. The Labute approximate surface area is 61.8 Å². The van der Waals surface area contributed by atoms with Gasteiger partial charge in [0.15, 0.2) is 0 Å². The van der Waals surface area contributed by atoms with Crippen molar-refractivity contribution in [2.45, 2.75) is 32.1 Å². The highest BCUT2D eigenvalue weighted by Gasteiger charge is 2.16. The van der Waals surface area contributed by atoms with Gasteiger partial charge in [0.2, 0.25) is 0 Å². The summed E-state index contributed by atoms with van der Waals surface area (Å²) in [6.45, 7) is 0. The van der Waals surface area contributed by atoms with Crippen LogP contribution in [-0.4, -0.2) is 5.91 Å². The van der Waals surface area contributed by atoms with Crippen molar-refractivity contribution < 1.29 is 4.79 Å². The van der Waals surface area contributed by atoms with Crippen molar-refractivity contribution in [3.63, 3.8) is 0 Å². The lowest BCUT2D eigenvalue weighted by Gasteiger charge is -2.18. The van der Waals surface area contributed by atoms with E-state index in [1.165, 1.54) is 25.7 Å². The van der Waals surface area contributed by atoms with E-state index in [-0.39, 0.29) is 0 Å². The van der Waals surface area contributed by atoms with Gasteiger partial charge in [-0.3, -0.25) is 4.79 Å². The largest absolute Gasteiger partial charge is 0.271 e. The van der Waals surface area contributed by atoms with Crippen LogP contribution in [0.1, 0.15) is 32.1 Å². The third kappa shape index (κ3) is 2.38. The van der Waals surface area contributed by atoms with Gasteiger partial charge in [0.1, 0.15) is 0 Å². The van der Waals surface area contributed by atoms with Crippen molar-refractivity contribution in [1.29, 1.82) is 0 Å². The zero-order valence-corrected chi connectivity index (χ0v) is 6.05. The number of rotatable bonds is 2. The Morgan fingerprint density at radius 3 is 2.40 bits per heavy atom. The normalized spacial score (nSPS) is 20.8. The van der Waals surface area contributed by atoms with Crippen molar-refractivity contribution in [3.05, 3.63) is 6.42 Å². The van der Waals surface area contributed by atoms with Gasteiger partial charge in [0, 0.05) is 0 Å². The van der Waals surface area contributed by atoms with Crippen molar-refractivity contribution in [1.82, 2.24) is 5.73 Å². The average Bonchev–Trinajstić information content (AvgIpc) is 1.88. The minimum absolute atomic E-state index is 0.353. The Hall–Kier alpha value is -0.530. The quantitative estimate of drug-likeness (QED) is 0.568. The third-order valence-electron chi connectivity index (χ3n) is 2.03. The van der Waals surface area contributed by atoms with E-state index < -0.39 is 5.91 Å². The SMILES string of the molecule is [N]C(=O)[CH]C1CCCCC1. The summed E-state index contributed by atoms with van der Waals surface area (Å²) in [6, 6.07) is 0. The molecular weight excluding hydrogens is 126 g/mol. The highest BCUT2D eigenvalue weighted by molar-refractivity contribution is 5.82. The number of nitrogens with zero attached hydrogens (tertiary/aromatic N) is 1. The van der Waals surface area contributed by atoms with E-state index in [1.807, 2.05) is 0 Å². The van der Waals surface area contributed by atoms with Crippen molar-refractivity contribution in [2.24, 2.45) is 5.92 Å². The van der Waals surface area contributed by atoms with Crippen LogP contribution in [0, 0.1) is 12.3 Å². The molecule has 0 aromatic rings. The van der Waals surface area contributed by atoms with Crippen LogP contribution in [0.5, 0.6) is 0 Å². The van der Waals surface area contributed by atoms with Crippen LogP contribution in [0.15, 0.2) is 0 Å². The molecule has 1 fully saturated rings. The van der Waals surface area contributed by atoms with Gasteiger partial charge in [0.25, 0.3) is 5.91 Å². The summed E-state index contributed by atoms with van der Waals surface area (Å²) >= 11 is 0. The minimum atomic E-state index is -0.757. The first kappa shape index (κ1) is 7.58. The lowest BCUT2D eigenvalue weighted by atomic mass is 9.87. The summed E-state index contributed by atoms with van der Waals surface area (Å²) in [7, 11) is 0. The van der Waals surface area contributed by atoms with Crippen LogP contribution in [0.25, 0.3) is 0 Å². The van der Waals surface area contributed by atoms with Gasteiger partial charge < -0.3 is 0 Å². The third-order valence-corrected chi connectivity index (χ3v) is 2.03. The molecule has 0 aromatic carbocycles. The van der Waals surface area contributed by atoms with Crippen LogP contribution in [0.3, 0.4) is 0 Å². The van der Waals surface area contributed by atoms with E-state index in [0.29, 0.717) is 5.92 Å². The monoisotopic (exact) mass is 138 g/mol. The van der Waals surface area contributed by atoms with E-state index in [1.54, 1.807) is 0 Å². The maximum Gasteiger partial charge on any atom is 0.269 e. The molecule has 2 nitrogen and oxygen atoms in total. The summed E-state index contributed by atoms with van der Waals surface area (Å²) in [5.74, 6) is -0.404. The Morgan fingerprint density at radius 1 is 1.30 bits per heavy atom. The number of hydrogen-bond acceptors (Lipinski definition) is 1. The van der Waals surface area contributed by atoms with Gasteiger partial charge in [0.05, 0.1) is 6.42 Å². The fourth-order valence-electron chi connectivity index (χ4n) is 1.50. The van der Waals surface area contributed by atoms with Crippen LogP contribution >= 0.6 is 0 Å². The van der Waals surface area contributed by atoms with Gasteiger partial charge in [-0.05, 0) is 18.8 Å². The molecule has 10 heavy (non-hydrogen) atoms. The highest BCUT2D eigenvalue weighted by atomic mass is 16.1. The maximum atomic E-state index is 10.2. The van der Waals surface area contributed by atoms with Crippen molar-refractivity contribution in [2.75, 3.05) is 0 Å². The summed E-state index contributed by atoms with van der Waals surface area (Å²) in [6.07, 6.45) is 7.28. The summed E-state index contributed by atoms with van der Waals surface area (Å²) in [4.78, 5) is 10.2. The molecule has 3 radical (unpaired) electrons. The molecule has 0 unspecified atom stereocenters. The molecule has 0 N–H and O–H groups in total. The molecule has 1 amide bonds. The van der Waals surface area contributed by atoms with Gasteiger partial charge in [-0.25, -0.2) is 0 Å². The lowest BCUT2D eigenvalue weighted by Crippen LogP contribution is -2.13. The van der Waals surface area contributed by atoms with Gasteiger partial charge in [-0.15, -0.1) is 5.73 Å². The molecule has 0 aliphatic heterocycles. The second kappa shape index (κ2) is 3.59. The topological polar surface area (TPSA) is 39.4 Å². The van der Waals surface area contributed by atoms with E-state index in [9.17, 15) is 4.79 Å². The molecule has 2 heteroatoms. The summed E-state index contributed by atoms with van der Waals surface area (Å²) in [5.41, 5.74) is 8.41. The molecule has 0 spiro atoms. The van der Waals surface area contributed by atoms with E-state index >= 15 is 0 Å². The Kier molecular flexibility index (Phi) is 2.72. The molecule has 55 valence electrons. The molecule has 0 saturated heterocycles. The van der Waals surface area contributed by atoms with Crippen molar-refractivity contribution >= 4 is 5.91 Å². The molecule has 0 heterocycles. The average molecular weight is 138 g/mol. The maximum absolute atomic E-state index is 10.2. The Morgan fingerprint density at radius 2 is 1.90 bits per heavy atom. The summed E-state index contributed by atoms with van der Waals surface area (Å²) in [5, 5.41) is 0. The molecule has 1 saturated carbocycles. The molecule has 0 bridgehead atoms. The molecule has 0 atom stereocenters. The lowest BCUT2D eigenvalue weighted by molar-refractivity contribution is -0.116. The minimum Gasteiger partial charge on any atom is -0.271 e. The van der Waals surface area contributed by atoms with Crippen LogP contribution < -0.4 is 5.73 Å². The number of hydrogen-bond donors (Lipinski definition) is 0. The summed E-state index contributed by atoms with van der Waals surface area (Å²) < 4.78 is 0. The van der Waals surface area contributed by atoms with E-state index in [2.05, 4.69) is 0 Å². The smallest absolute Gasteiger partial charge is 0.269 e. The second-order valence-electron chi connectivity index (χ2n) is 2.90. The molecule has 0 aromatic heterocycles. The highest BCUT2D eigenvalue weighted by Crippen LogP contribution is 2.25. The molecule has 1 aliphatic carbocycles. The van der Waals surface area contributed by atoms with Crippen LogP contribution in [-0.2, 0) is 4.79 Å². The number of carbonyl (C=O) groups excluding carboxylic acids is 1. The van der Waals surface area contributed by atoms with Gasteiger partial charge in [-0.2, -0.15) is 0 Å². The fourth-order valence-corrected chi connectivity index (χ4v) is 1.50. The second-order valence-corrected chi connectivity index (χ2v) is 2.90.